The van der Waals surface area contributed by atoms with Crippen molar-refractivity contribution >= 4 is 16.8 Å². The summed E-state index contributed by atoms with van der Waals surface area (Å²) in [6.07, 6.45) is 2.62. The second-order valence-corrected chi connectivity index (χ2v) is 8.19. The number of fused-ring (bicyclic) bond motifs is 1. The minimum absolute atomic E-state index is 0.0272. The normalized spacial score (nSPS) is 15.9. The van der Waals surface area contributed by atoms with Crippen molar-refractivity contribution in [3.8, 4) is 0 Å². The van der Waals surface area contributed by atoms with Gasteiger partial charge in [0.05, 0.1) is 13.2 Å². The number of ether oxygens (including phenoxy) is 1. The number of para-hydroxylation sites is 1. The quantitative estimate of drug-likeness (QED) is 0.655. The topological polar surface area (TPSA) is 46.5 Å². The average molecular weight is 406 g/mol. The molecule has 2 heterocycles. The van der Waals surface area contributed by atoms with E-state index in [4.69, 9.17) is 4.74 Å². The van der Waals surface area contributed by atoms with Crippen molar-refractivity contribution in [2.24, 2.45) is 7.05 Å². The van der Waals surface area contributed by atoms with Crippen molar-refractivity contribution in [1.82, 2.24) is 14.8 Å². The number of nitrogens with zero attached hydrogens (tertiary/aromatic N) is 2. The summed E-state index contributed by atoms with van der Waals surface area (Å²) < 4.78 is 7.55. The summed E-state index contributed by atoms with van der Waals surface area (Å²) in [5.74, 6) is 0.127. The highest BCUT2D eigenvalue weighted by Gasteiger charge is 2.22. The van der Waals surface area contributed by atoms with Gasteiger partial charge in [-0.3, -0.25) is 9.69 Å². The third kappa shape index (κ3) is 4.74. The van der Waals surface area contributed by atoms with Crippen LogP contribution in [-0.2, 0) is 16.6 Å². The van der Waals surface area contributed by atoms with Gasteiger partial charge in [0, 0.05) is 62.7 Å². The number of benzene rings is 2. The average Bonchev–Trinajstić information content (AvgIpc) is 3.09. The second kappa shape index (κ2) is 9.45. The number of carbonyl (C=O) groups excluding carboxylic acids is 1. The fraction of sp³-hybridized carbons (Fsp3) is 0.400. The third-order valence-electron chi connectivity index (χ3n) is 5.99. The Labute approximate surface area is 178 Å². The highest BCUT2D eigenvalue weighted by Crippen LogP contribution is 2.34. The summed E-state index contributed by atoms with van der Waals surface area (Å²) in [6.45, 7) is 7.10. The first-order valence-corrected chi connectivity index (χ1v) is 10.8. The van der Waals surface area contributed by atoms with Gasteiger partial charge in [0.2, 0.25) is 5.91 Å². The molecule has 4 rings (SSSR count). The Hall–Kier alpha value is -2.63. The van der Waals surface area contributed by atoms with E-state index in [1.807, 2.05) is 0 Å². The molecule has 1 unspecified atom stereocenters. The molecule has 5 heteroatoms. The fourth-order valence-electron chi connectivity index (χ4n) is 4.38. The van der Waals surface area contributed by atoms with Gasteiger partial charge in [-0.1, -0.05) is 48.0 Å². The van der Waals surface area contributed by atoms with Crippen LogP contribution in [-0.4, -0.2) is 54.8 Å². The van der Waals surface area contributed by atoms with Crippen molar-refractivity contribution < 1.29 is 9.53 Å². The lowest BCUT2D eigenvalue weighted by Gasteiger charge is -2.26. The van der Waals surface area contributed by atoms with Crippen LogP contribution in [0.4, 0.5) is 0 Å². The first kappa shape index (κ1) is 20.6. The van der Waals surface area contributed by atoms with Crippen molar-refractivity contribution in [1.29, 1.82) is 0 Å². The number of hydrogen-bond donors (Lipinski definition) is 1. The van der Waals surface area contributed by atoms with Crippen molar-refractivity contribution in [3.63, 3.8) is 0 Å². The molecular weight excluding hydrogens is 374 g/mol. The second-order valence-electron chi connectivity index (χ2n) is 8.19. The summed E-state index contributed by atoms with van der Waals surface area (Å²) in [5, 5.41) is 4.36. The van der Waals surface area contributed by atoms with Gasteiger partial charge in [0.1, 0.15) is 0 Å². The van der Waals surface area contributed by atoms with Crippen LogP contribution in [0.2, 0.25) is 0 Å². The molecule has 1 aromatic heterocycles. The van der Waals surface area contributed by atoms with E-state index in [2.05, 4.69) is 83.5 Å². The summed E-state index contributed by atoms with van der Waals surface area (Å²) in [5.41, 5.74) is 4.81. The van der Waals surface area contributed by atoms with Crippen molar-refractivity contribution in [2.45, 2.75) is 19.3 Å². The summed E-state index contributed by atoms with van der Waals surface area (Å²) in [7, 11) is 2.07. The van der Waals surface area contributed by atoms with E-state index in [-0.39, 0.29) is 11.8 Å². The Morgan fingerprint density at radius 3 is 2.73 bits per heavy atom. The summed E-state index contributed by atoms with van der Waals surface area (Å²) >= 11 is 0. The van der Waals surface area contributed by atoms with Crippen LogP contribution in [0.3, 0.4) is 0 Å². The molecule has 0 aliphatic carbocycles. The van der Waals surface area contributed by atoms with Crippen LogP contribution in [0.25, 0.3) is 10.9 Å². The van der Waals surface area contributed by atoms with Crippen LogP contribution in [0.5, 0.6) is 0 Å². The first-order chi connectivity index (χ1) is 14.6. The van der Waals surface area contributed by atoms with E-state index in [1.165, 1.54) is 27.6 Å². The zero-order valence-corrected chi connectivity index (χ0v) is 17.9. The molecule has 3 aromatic rings. The van der Waals surface area contributed by atoms with E-state index in [1.54, 1.807) is 0 Å². The number of hydrogen-bond acceptors (Lipinski definition) is 3. The van der Waals surface area contributed by atoms with Crippen LogP contribution in [0.15, 0.2) is 54.7 Å². The SMILES string of the molecule is Cc1cccc(C(CC(=O)NCCN2CCOCC2)c2cn(C)c3ccccc23)c1. The standard InChI is InChI=1S/C25H31N3O2/c1-19-6-5-7-20(16-19)22(23-18-27(2)24-9-4-3-8-21(23)24)17-25(29)26-10-11-28-12-14-30-15-13-28/h3-9,16,18,22H,10-15,17H2,1-2H3,(H,26,29). The molecule has 158 valence electrons. The molecule has 1 fully saturated rings. The number of carbonyl (C=O) groups is 1. The van der Waals surface area contributed by atoms with Gasteiger partial charge < -0.3 is 14.6 Å². The molecule has 1 N–H and O–H groups in total. The Morgan fingerprint density at radius 2 is 1.93 bits per heavy atom. The Morgan fingerprint density at radius 1 is 1.13 bits per heavy atom. The van der Waals surface area contributed by atoms with Crippen LogP contribution in [0, 0.1) is 6.92 Å². The number of nitrogens with one attached hydrogen (secondary N) is 1. The summed E-state index contributed by atoms with van der Waals surface area (Å²) in [6, 6.07) is 16.9. The predicted octanol–water partition coefficient (Wildman–Crippen LogP) is 3.46. The van der Waals surface area contributed by atoms with E-state index in [0.717, 1.165) is 32.8 Å². The van der Waals surface area contributed by atoms with E-state index in [9.17, 15) is 4.79 Å². The zero-order chi connectivity index (χ0) is 20.9. The fourth-order valence-corrected chi connectivity index (χ4v) is 4.38. The third-order valence-corrected chi connectivity index (χ3v) is 5.99. The lowest BCUT2D eigenvalue weighted by molar-refractivity contribution is -0.121. The molecule has 1 atom stereocenters. The monoisotopic (exact) mass is 405 g/mol. The van der Waals surface area contributed by atoms with E-state index < -0.39 is 0 Å². The zero-order valence-electron chi connectivity index (χ0n) is 17.9. The summed E-state index contributed by atoms with van der Waals surface area (Å²) in [4.78, 5) is 15.2. The molecule has 0 saturated carbocycles. The smallest absolute Gasteiger partial charge is 0.220 e. The molecule has 30 heavy (non-hydrogen) atoms. The van der Waals surface area contributed by atoms with Gasteiger partial charge in [0.25, 0.3) is 0 Å². The maximum absolute atomic E-state index is 12.9. The molecule has 1 aliphatic rings. The highest BCUT2D eigenvalue weighted by molar-refractivity contribution is 5.86. The predicted molar refractivity (Wildman–Crippen MR) is 121 cm³/mol. The van der Waals surface area contributed by atoms with Gasteiger partial charge in [0.15, 0.2) is 0 Å². The highest BCUT2D eigenvalue weighted by atomic mass is 16.5. The lowest BCUT2D eigenvalue weighted by Crippen LogP contribution is -2.41. The minimum Gasteiger partial charge on any atom is -0.379 e. The lowest BCUT2D eigenvalue weighted by atomic mass is 9.87. The molecule has 2 aromatic carbocycles. The molecule has 1 saturated heterocycles. The van der Waals surface area contributed by atoms with Gasteiger partial charge in [-0.05, 0) is 24.1 Å². The van der Waals surface area contributed by atoms with Crippen LogP contribution < -0.4 is 5.32 Å². The number of aryl methyl sites for hydroxylation is 2. The molecule has 0 bridgehead atoms. The van der Waals surface area contributed by atoms with Gasteiger partial charge in [-0.15, -0.1) is 0 Å². The molecule has 0 spiro atoms. The van der Waals surface area contributed by atoms with Crippen molar-refractivity contribution in [3.05, 3.63) is 71.4 Å². The van der Waals surface area contributed by atoms with Gasteiger partial charge >= 0.3 is 0 Å². The Bertz CT molecular complexity index is 1000. The van der Waals surface area contributed by atoms with E-state index >= 15 is 0 Å². The molecule has 5 nitrogen and oxygen atoms in total. The Kier molecular flexibility index (Phi) is 6.50. The number of rotatable bonds is 7. The van der Waals surface area contributed by atoms with Crippen LogP contribution >= 0.6 is 0 Å². The number of aromatic nitrogens is 1. The molecular formula is C25H31N3O2. The van der Waals surface area contributed by atoms with Crippen LogP contribution in [0.1, 0.15) is 29.0 Å². The molecule has 1 amide bonds. The minimum atomic E-state index is 0.0272. The molecule has 0 radical (unpaired) electrons. The number of amides is 1. The van der Waals surface area contributed by atoms with Gasteiger partial charge in [-0.25, -0.2) is 0 Å². The number of morpholine rings is 1. The van der Waals surface area contributed by atoms with Crippen molar-refractivity contribution in [2.75, 3.05) is 39.4 Å². The maximum atomic E-state index is 12.9. The van der Waals surface area contributed by atoms with Gasteiger partial charge in [-0.2, -0.15) is 0 Å². The maximum Gasteiger partial charge on any atom is 0.220 e. The molecule has 1 aliphatic heterocycles. The largest absolute Gasteiger partial charge is 0.379 e. The first-order valence-electron chi connectivity index (χ1n) is 10.8. The Balaban J connectivity index is 1.53. The van der Waals surface area contributed by atoms with E-state index in [0.29, 0.717) is 13.0 Å².